The van der Waals surface area contributed by atoms with Gasteiger partial charge in [0.2, 0.25) is 0 Å². The maximum atomic E-state index is 10.7. The van der Waals surface area contributed by atoms with Crippen molar-refractivity contribution in [2.75, 3.05) is 5.73 Å². The number of aryl methyl sites for hydroxylation is 1. The average molecular weight is 269 g/mol. The summed E-state index contributed by atoms with van der Waals surface area (Å²) >= 11 is 0. The molecule has 2 aromatic heterocycles. The highest BCUT2D eigenvalue weighted by atomic mass is 16.6. The number of pyridine rings is 1. The first-order valence-electron chi connectivity index (χ1n) is 5.88. The van der Waals surface area contributed by atoms with Gasteiger partial charge in [-0.2, -0.15) is 0 Å². The smallest absolute Gasteiger partial charge is 0.271 e. The standard InChI is InChI=1S/C13H11N5O2/c1-17-12-7-15-5-4-11(12)16-13(17)9-3-2-8(18(19)20)6-10(9)14/h2-7H,14H2,1H3. The van der Waals surface area contributed by atoms with Gasteiger partial charge in [0.1, 0.15) is 5.82 Å². The van der Waals surface area contributed by atoms with E-state index < -0.39 is 4.92 Å². The molecule has 2 N–H and O–H groups in total. The van der Waals surface area contributed by atoms with Gasteiger partial charge < -0.3 is 10.3 Å². The van der Waals surface area contributed by atoms with Crippen LogP contribution in [0.25, 0.3) is 22.4 Å². The Morgan fingerprint density at radius 3 is 2.80 bits per heavy atom. The fourth-order valence-electron chi connectivity index (χ4n) is 2.14. The summed E-state index contributed by atoms with van der Waals surface area (Å²) in [6, 6.07) is 6.18. The molecule has 0 bridgehead atoms. The molecule has 0 aliphatic rings. The van der Waals surface area contributed by atoms with E-state index in [-0.39, 0.29) is 5.69 Å². The van der Waals surface area contributed by atoms with Crippen LogP contribution >= 0.6 is 0 Å². The minimum Gasteiger partial charge on any atom is -0.398 e. The number of nitro benzene ring substituents is 1. The van der Waals surface area contributed by atoms with Crippen molar-refractivity contribution in [3.8, 4) is 11.4 Å². The van der Waals surface area contributed by atoms with Crippen LogP contribution in [0.2, 0.25) is 0 Å². The molecular weight excluding hydrogens is 258 g/mol. The van der Waals surface area contributed by atoms with Crippen molar-refractivity contribution in [3.05, 3.63) is 46.8 Å². The SMILES string of the molecule is Cn1c(-c2ccc([N+](=O)[O-])cc2N)nc2ccncc21. The number of nitro groups is 1. The highest BCUT2D eigenvalue weighted by Crippen LogP contribution is 2.30. The number of hydrogen-bond acceptors (Lipinski definition) is 5. The molecule has 3 aromatic rings. The Kier molecular flexibility index (Phi) is 2.60. The summed E-state index contributed by atoms with van der Waals surface area (Å²) < 4.78 is 1.86. The number of benzene rings is 1. The van der Waals surface area contributed by atoms with Gasteiger partial charge in [-0.3, -0.25) is 15.1 Å². The molecule has 0 aliphatic heterocycles. The van der Waals surface area contributed by atoms with Crippen LogP contribution in [-0.4, -0.2) is 19.5 Å². The van der Waals surface area contributed by atoms with Crippen LogP contribution in [0.4, 0.5) is 11.4 Å². The third-order valence-corrected chi connectivity index (χ3v) is 3.17. The van der Waals surface area contributed by atoms with Gasteiger partial charge >= 0.3 is 0 Å². The molecule has 7 heteroatoms. The molecule has 0 unspecified atom stereocenters. The lowest BCUT2D eigenvalue weighted by molar-refractivity contribution is -0.384. The topological polar surface area (TPSA) is 99.9 Å². The van der Waals surface area contributed by atoms with Crippen LogP contribution in [0.15, 0.2) is 36.7 Å². The zero-order valence-electron chi connectivity index (χ0n) is 10.6. The van der Waals surface area contributed by atoms with Crippen LogP contribution < -0.4 is 5.73 Å². The molecule has 0 radical (unpaired) electrons. The van der Waals surface area contributed by atoms with Gasteiger partial charge in [-0.15, -0.1) is 0 Å². The molecule has 2 heterocycles. The predicted octanol–water partition coefficient (Wildman–Crippen LogP) is 2.13. The molecule has 0 fully saturated rings. The second-order valence-corrected chi connectivity index (χ2v) is 4.39. The first-order chi connectivity index (χ1) is 9.58. The normalized spacial score (nSPS) is 10.8. The molecule has 0 amide bonds. The number of non-ortho nitro benzene ring substituents is 1. The monoisotopic (exact) mass is 269 g/mol. The van der Waals surface area contributed by atoms with Crippen LogP contribution in [0.5, 0.6) is 0 Å². The third-order valence-electron chi connectivity index (χ3n) is 3.17. The van der Waals surface area contributed by atoms with Crippen LogP contribution in [0, 0.1) is 10.1 Å². The van der Waals surface area contributed by atoms with Crippen LogP contribution in [-0.2, 0) is 7.05 Å². The molecule has 3 rings (SSSR count). The molecule has 0 atom stereocenters. The van der Waals surface area contributed by atoms with E-state index in [2.05, 4.69) is 9.97 Å². The van der Waals surface area contributed by atoms with Crippen molar-refractivity contribution in [1.29, 1.82) is 0 Å². The van der Waals surface area contributed by atoms with Gasteiger partial charge in [-0.25, -0.2) is 4.98 Å². The Hall–Kier alpha value is -2.96. The summed E-state index contributed by atoms with van der Waals surface area (Å²) in [5, 5.41) is 10.7. The summed E-state index contributed by atoms with van der Waals surface area (Å²) in [4.78, 5) is 18.8. The molecule has 1 aromatic carbocycles. The molecule has 0 saturated heterocycles. The molecule has 0 aliphatic carbocycles. The Bertz CT molecular complexity index is 825. The van der Waals surface area contributed by atoms with Gasteiger partial charge in [0, 0.05) is 36.6 Å². The zero-order valence-corrected chi connectivity index (χ0v) is 10.6. The second-order valence-electron chi connectivity index (χ2n) is 4.39. The van der Waals surface area contributed by atoms with Crippen molar-refractivity contribution in [2.45, 2.75) is 0 Å². The van der Waals surface area contributed by atoms with Crippen molar-refractivity contribution < 1.29 is 4.92 Å². The number of nitrogens with zero attached hydrogens (tertiary/aromatic N) is 4. The molecule has 7 nitrogen and oxygen atoms in total. The number of imidazole rings is 1. The number of aromatic nitrogens is 3. The first kappa shape index (κ1) is 12.1. The van der Waals surface area contributed by atoms with E-state index in [9.17, 15) is 10.1 Å². The molecular formula is C13H11N5O2. The fourth-order valence-corrected chi connectivity index (χ4v) is 2.14. The van der Waals surface area contributed by atoms with Gasteiger partial charge in [0.25, 0.3) is 5.69 Å². The summed E-state index contributed by atoms with van der Waals surface area (Å²) in [5.41, 5.74) is 8.54. The van der Waals surface area contributed by atoms with E-state index in [1.54, 1.807) is 24.5 Å². The summed E-state index contributed by atoms with van der Waals surface area (Å²) in [6.45, 7) is 0. The van der Waals surface area contributed by atoms with Crippen molar-refractivity contribution in [1.82, 2.24) is 14.5 Å². The quantitative estimate of drug-likeness (QED) is 0.436. The van der Waals surface area contributed by atoms with E-state index in [0.717, 1.165) is 11.0 Å². The maximum Gasteiger partial charge on any atom is 0.271 e. The van der Waals surface area contributed by atoms with Crippen molar-refractivity contribution in [3.63, 3.8) is 0 Å². The average Bonchev–Trinajstić information content (AvgIpc) is 2.76. The minimum atomic E-state index is -0.473. The zero-order chi connectivity index (χ0) is 14.3. The summed E-state index contributed by atoms with van der Waals surface area (Å²) in [7, 11) is 1.85. The Morgan fingerprint density at radius 1 is 1.35 bits per heavy atom. The summed E-state index contributed by atoms with van der Waals surface area (Å²) in [5.74, 6) is 0.653. The van der Waals surface area contributed by atoms with E-state index >= 15 is 0 Å². The van der Waals surface area contributed by atoms with Crippen molar-refractivity contribution in [2.24, 2.45) is 7.05 Å². The Labute approximate surface area is 113 Å². The maximum absolute atomic E-state index is 10.7. The predicted molar refractivity (Wildman–Crippen MR) is 75.0 cm³/mol. The number of fused-ring (bicyclic) bond motifs is 1. The lowest BCUT2D eigenvalue weighted by Gasteiger charge is -2.05. The second kappa shape index (κ2) is 4.30. The third kappa shape index (κ3) is 1.76. The molecule has 0 spiro atoms. The number of rotatable bonds is 2. The number of nitrogen functional groups attached to an aromatic ring is 1. The highest BCUT2D eigenvalue weighted by molar-refractivity contribution is 5.83. The van der Waals surface area contributed by atoms with Crippen molar-refractivity contribution >= 4 is 22.4 Å². The van der Waals surface area contributed by atoms with E-state index in [0.29, 0.717) is 17.1 Å². The highest BCUT2D eigenvalue weighted by Gasteiger charge is 2.15. The Balaban J connectivity index is 2.20. The molecule has 0 saturated carbocycles. The Morgan fingerprint density at radius 2 is 2.15 bits per heavy atom. The molecule has 20 heavy (non-hydrogen) atoms. The van der Waals surface area contributed by atoms with Gasteiger partial charge in [0.05, 0.1) is 22.2 Å². The van der Waals surface area contributed by atoms with Crippen LogP contribution in [0.3, 0.4) is 0 Å². The number of hydrogen-bond donors (Lipinski definition) is 1. The van der Waals surface area contributed by atoms with Crippen LogP contribution in [0.1, 0.15) is 0 Å². The van der Waals surface area contributed by atoms with E-state index in [1.807, 2.05) is 11.6 Å². The lowest BCUT2D eigenvalue weighted by Crippen LogP contribution is -1.98. The first-order valence-corrected chi connectivity index (χ1v) is 5.88. The van der Waals surface area contributed by atoms with E-state index in [1.165, 1.54) is 12.1 Å². The molecule has 100 valence electrons. The van der Waals surface area contributed by atoms with E-state index in [4.69, 9.17) is 5.73 Å². The number of anilines is 1. The van der Waals surface area contributed by atoms with Gasteiger partial charge in [-0.1, -0.05) is 0 Å². The van der Waals surface area contributed by atoms with Gasteiger partial charge in [-0.05, 0) is 12.1 Å². The number of nitrogens with two attached hydrogens (primary N) is 1. The van der Waals surface area contributed by atoms with Gasteiger partial charge in [0.15, 0.2) is 0 Å². The fraction of sp³-hybridized carbons (Fsp3) is 0.0769. The lowest BCUT2D eigenvalue weighted by atomic mass is 10.1. The largest absolute Gasteiger partial charge is 0.398 e. The minimum absolute atomic E-state index is 0.0355. The summed E-state index contributed by atoms with van der Waals surface area (Å²) in [6.07, 6.45) is 3.38.